The van der Waals surface area contributed by atoms with E-state index in [0.29, 0.717) is 22.6 Å². The van der Waals surface area contributed by atoms with Crippen molar-refractivity contribution in [2.24, 2.45) is 0 Å². The first-order valence-electron chi connectivity index (χ1n) is 12.7. The van der Waals surface area contributed by atoms with Gasteiger partial charge in [0, 0.05) is 22.2 Å². The summed E-state index contributed by atoms with van der Waals surface area (Å²) in [5, 5.41) is 17.9. The van der Waals surface area contributed by atoms with Crippen LogP contribution in [0.4, 0.5) is 0 Å². The predicted octanol–water partition coefficient (Wildman–Crippen LogP) is 6.24. The van der Waals surface area contributed by atoms with E-state index in [1.807, 2.05) is 97.1 Å². The van der Waals surface area contributed by atoms with E-state index in [4.69, 9.17) is 0 Å². The van der Waals surface area contributed by atoms with Crippen molar-refractivity contribution in [1.82, 2.24) is 5.09 Å². The van der Waals surface area contributed by atoms with E-state index < -0.39 is 19.4 Å². The third kappa shape index (κ3) is 5.84. The van der Waals surface area contributed by atoms with Gasteiger partial charge in [0.25, 0.3) is 0 Å². The third-order valence-electron chi connectivity index (χ3n) is 6.66. The second-order valence-corrected chi connectivity index (χ2v) is 11.7. The van der Waals surface area contributed by atoms with E-state index in [-0.39, 0.29) is 5.78 Å². The highest BCUT2D eigenvalue weighted by molar-refractivity contribution is 7.76. The SMILES string of the molecule is CCCCCC[C@H](NP(=O)(c1ccccc1)c1ccccc1)[C@H](O)C(=O)c1cccc2ccccc12. The summed E-state index contributed by atoms with van der Waals surface area (Å²) < 4.78 is 14.7. The number of hydrogen-bond acceptors (Lipinski definition) is 3. The van der Waals surface area contributed by atoms with Gasteiger partial charge in [0.15, 0.2) is 5.78 Å². The molecule has 0 radical (unpaired) electrons. The lowest BCUT2D eigenvalue weighted by Crippen LogP contribution is -2.46. The minimum absolute atomic E-state index is 0.354. The Kier molecular flexibility index (Phi) is 8.88. The summed E-state index contributed by atoms with van der Waals surface area (Å²) in [6.45, 7) is 2.15. The van der Waals surface area contributed by atoms with Crippen LogP contribution in [0.2, 0.25) is 0 Å². The van der Waals surface area contributed by atoms with Gasteiger partial charge in [0.2, 0.25) is 7.29 Å². The molecular formula is C31H34NO3P. The lowest BCUT2D eigenvalue weighted by Gasteiger charge is -2.30. The molecule has 0 aliphatic heterocycles. The molecule has 0 saturated heterocycles. The maximum Gasteiger partial charge on any atom is 0.204 e. The van der Waals surface area contributed by atoms with E-state index in [9.17, 15) is 14.5 Å². The molecule has 4 aromatic rings. The monoisotopic (exact) mass is 499 g/mol. The number of fused-ring (bicyclic) bond motifs is 1. The van der Waals surface area contributed by atoms with E-state index >= 15 is 0 Å². The molecule has 4 nitrogen and oxygen atoms in total. The molecule has 0 fully saturated rings. The first kappa shape index (κ1) is 26.0. The van der Waals surface area contributed by atoms with Crippen LogP contribution in [0.15, 0.2) is 103 Å². The van der Waals surface area contributed by atoms with Crippen molar-refractivity contribution in [3.05, 3.63) is 109 Å². The first-order valence-corrected chi connectivity index (χ1v) is 14.4. The highest BCUT2D eigenvalue weighted by Crippen LogP contribution is 2.40. The van der Waals surface area contributed by atoms with Gasteiger partial charge in [-0.2, -0.15) is 0 Å². The Morgan fingerprint density at radius 1 is 0.778 bits per heavy atom. The summed E-state index contributed by atoms with van der Waals surface area (Å²) in [6, 6.07) is 31.2. The van der Waals surface area contributed by atoms with Crippen LogP contribution in [0.5, 0.6) is 0 Å². The zero-order valence-corrected chi connectivity index (χ0v) is 21.6. The van der Waals surface area contributed by atoms with Crippen LogP contribution in [-0.2, 0) is 4.57 Å². The normalized spacial score (nSPS) is 13.4. The van der Waals surface area contributed by atoms with Crippen molar-refractivity contribution in [3.63, 3.8) is 0 Å². The Morgan fingerprint density at radius 2 is 1.36 bits per heavy atom. The fraction of sp³-hybridized carbons (Fsp3) is 0.258. The smallest absolute Gasteiger partial charge is 0.204 e. The lowest BCUT2D eigenvalue weighted by molar-refractivity contribution is 0.0671. The number of unbranched alkanes of at least 4 members (excludes halogenated alkanes) is 3. The topological polar surface area (TPSA) is 66.4 Å². The number of hydrogen-bond donors (Lipinski definition) is 2. The van der Waals surface area contributed by atoms with Gasteiger partial charge < -0.3 is 5.11 Å². The molecule has 5 heteroatoms. The summed E-state index contributed by atoms with van der Waals surface area (Å²) in [7, 11) is -3.33. The molecule has 4 rings (SSSR count). The molecule has 0 aliphatic rings. The van der Waals surface area contributed by atoms with Crippen molar-refractivity contribution in [3.8, 4) is 0 Å². The Morgan fingerprint density at radius 3 is 2.00 bits per heavy atom. The summed E-state index contributed by atoms with van der Waals surface area (Å²) >= 11 is 0. The molecule has 0 heterocycles. The highest BCUT2D eigenvalue weighted by atomic mass is 31.2. The van der Waals surface area contributed by atoms with Crippen LogP contribution in [-0.4, -0.2) is 23.0 Å². The standard InChI is InChI=1S/C31H34NO3P/c1-2-3-4-11-23-29(31(34)30(33)28-22-14-16-24-15-12-13-21-27(24)28)32-36(35,25-17-7-5-8-18-25)26-19-9-6-10-20-26/h5-10,12-22,29,31,34H,2-4,11,23H2,1H3,(H,32,35)/t29-,31-/m0/s1. The molecule has 4 aromatic carbocycles. The Labute approximate surface area is 213 Å². The molecule has 0 aliphatic carbocycles. The number of rotatable bonds is 12. The number of nitrogens with one attached hydrogen (secondary N) is 1. The lowest BCUT2D eigenvalue weighted by atomic mass is 9.93. The van der Waals surface area contributed by atoms with Crippen molar-refractivity contribution in [2.45, 2.75) is 51.2 Å². The Hall–Kier alpha value is -3.04. The van der Waals surface area contributed by atoms with Gasteiger partial charge in [-0.25, -0.2) is 0 Å². The maximum atomic E-state index is 14.7. The van der Waals surface area contributed by atoms with Gasteiger partial charge in [-0.1, -0.05) is 111 Å². The van der Waals surface area contributed by atoms with Crippen LogP contribution in [0.25, 0.3) is 10.8 Å². The highest BCUT2D eigenvalue weighted by Gasteiger charge is 2.35. The number of aliphatic hydroxyl groups is 1. The van der Waals surface area contributed by atoms with E-state index in [1.54, 1.807) is 6.07 Å². The molecule has 36 heavy (non-hydrogen) atoms. The number of carbonyl (C=O) groups excluding carboxylic acids is 1. The number of carbonyl (C=O) groups is 1. The molecule has 0 spiro atoms. The van der Waals surface area contributed by atoms with Gasteiger partial charge >= 0.3 is 0 Å². The molecule has 186 valence electrons. The summed E-state index contributed by atoms with van der Waals surface area (Å²) in [6.07, 6.45) is 3.19. The largest absolute Gasteiger partial charge is 0.383 e. The number of benzene rings is 4. The molecule has 0 bridgehead atoms. The van der Waals surface area contributed by atoms with Crippen LogP contribution in [0, 0.1) is 0 Å². The summed E-state index contributed by atoms with van der Waals surface area (Å²) in [5.41, 5.74) is 0.482. The summed E-state index contributed by atoms with van der Waals surface area (Å²) in [4.78, 5) is 13.7. The fourth-order valence-corrected chi connectivity index (χ4v) is 7.19. The van der Waals surface area contributed by atoms with Gasteiger partial charge in [-0.15, -0.1) is 0 Å². The van der Waals surface area contributed by atoms with Crippen molar-refractivity contribution >= 4 is 34.5 Å². The van der Waals surface area contributed by atoms with Crippen molar-refractivity contribution < 1.29 is 14.5 Å². The van der Waals surface area contributed by atoms with Crippen LogP contribution in [0.3, 0.4) is 0 Å². The van der Waals surface area contributed by atoms with Crippen molar-refractivity contribution in [2.75, 3.05) is 0 Å². The zero-order chi connectivity index (χ0) is 25.4. The molecule has 0 aromatic heterocycles. The Balaban J connectivity index is 1.71. The molecule has 0 saturated carbocycles. The summed E-state index contributed by atoms with van der Waals surface area (Å²) in [5.74, 6) is -0.354. The van der Waals surface area contributed by atoms with Gasteiger partial charge in [-0.05, 0) is 41.5 Å². The van der Waals surface area contributed by atoms with Crippen LogP contribution >= 0.6 is 7.29 Å². The molecule has 2 atom stereocenters. The second-order valence-electron chi connectivity index (χ2n) is 9.20. The maximum absolute atomic E-state index is 14.7. The predicted molar refractivity (Wildman–Crippen MR) is 150 cm³/mol. The number of ketones is 1. The van der Waals surface area contributed by atoms with E-state index in [0.717, 1.165) is 36.5 Å². The number of aliphatic hydroxyl groups excluding tert-OH is 1. The quantitative estimate of drug-likeness (QED) is 0.138. The average molecular weight is 500 g/mol. The zero-order valence-electron chi connectivity index (χ0n) is 20.7. The molecular weight excluding hydrogens is 465 g/mol. The third-order valence-corrected chi connectivity index (χ3v) is 9.41. The van der Waals surface area contributed by atoms with Gasteiger partial charge in [-0.3, -0.25) is 14.4 Å². The van der Waals surface area contributed by atoms with Gasteiger partial charge in [0.1, 0.15) is 6.10 Å². The van der Waals surface area contributed by atoms with E-state index in [1.165, 1.54) is 0 Å². The van der Waals surface area contributed by atoms with Crippen LogP contribution in [0.1, 0.15) is 49.4 Å². The van der Waals surface area contributed by atoms with E-state index in [2.05, 4.69) is 12.0 Å². The molecule has 0 unspecified atom stereocenters. The minimum atomic E-state index is -3.33. The fourth-order valence-electron chi connectivity index (χ4n) is 4.67. The number of Topliss-reactive ketones (excluding diaryl/α,β-unsaturated/α-hetero) is 1. The first-order chi connectivity index (χ1) is 17.5. The molecule has 0 amide bonds. The van der Waals surface area contributed by atoms with Crippen LogP contribution < -0.4 is 15.7 Å². The average Bonchev–Trinajstić information content (AvgIpc) is 2.94. The minimum Gasteiger partial charge on any atom is -0.383 e. The van der Waals surface area contributed by atoms with Gasteiger partial charge in [0.05, 0.1) is 0 Å². The second kappa shape index (κ2) is 12.3. The molecule has 2 N–H and O–H groups in total. The Bertz CT molecular complexity index is 1270. The van der Waals surface area contributed by atoms with Crippen molar-refractivity contribution in [1.29, 1.82) is 0 Å².